The van der Waals surface area contributed by atoms with Gasteiger partial charge in [0, 0.05) is 0 Å². The summed E-state index contributed by atoms with van der Waals surface area (Å²) in [6.45, 7) is 0. The molecule has 0 unspecified atom stereocenters. The van der Waals surface area contributed by atoms with E-state index in [9.17, 15) is 4.79 Å². The van der Waals surface area contributed by atoms with Crippen molar-refractivity contribution in [3.05, 3.63) is 77.3 Å². The number of anilines is 1. The summed E-state index contributed by atoms with van der Waals surface area (Å²) in [6, 6.07) is 20.4. The molecule has 23 heavy (non-hydrogen) atoms. The van der Waals surface area contributed by atoms with Gasteiger partial charge in [0.05, 0.1) is 11.0 Å². The molecule has 0 aliphatic rings. The zero-order chi connectivity index (χ0) is 15.9. The highest BCUT2D eigenvalue weighted by molar-refractivity contribution is 8.00. The monoisotopic (exact) mass is 341 g/mol. The van der Waals surface area contributed by atoms with Gasteiger partial charge in [-0.25, -0.2) is 0 Å². The Morgan fingerprint density at radius 3 is 2.17 bits per heavy atom. The minimum absolute atomic E-state index is 0.0661. The van der Waals surface area contributed by atoms with Crippen molar-refractivity contribution in [1.29, 1.82) is 0 Å². The molecule has 0 radical (unpaired) electrons. The summed E-state index contributed by atoms with van der Waals surface area (Å²) in [5.41, 5.74) is 3.97. The Hall–Kier alpha value is -2.18. The average molecular weight is 341 g/mol. The predicted octanol–water partition coefficient (Wildman–Crippen LogP) is 4.00. The lowest BCUT2D eigenvalue weighted by Crippen LogP contribution is -2.15. The fraction of sp³-hybridized carbons (Fsp3) is 0.118. The van der Waals surface area contributed by atoms with Gasteiger partial charge in [-0.2, -0.15) is 0 Å². The molecule has 1 heterocycles. The first-order valence-corrected chi connectivity index (χ1v) is 9.03. The van der Waals surface area contributed by atoms with E-state index in [1.165, 1.54) is 22.5 Å². The number of aromatic nitrogens is 2. The number of nitrogens with zero attached hydrogens (tertiary/aromatic N) is 2. The van der Waals surface area contributed by atoms with Gasteiger partial charge in [0.15, 0.2) is 0 Å². The maximum absolute atomic E-state index is 12.1. The van der Waals surface area contributed by atoms with Crippen LogP contribution in [0.3, 0.4) is 0 Å². The smallest absolute Gasteiger partial charge is 0.236 e. The van der Waals surface area contributed by atoms with E-state index in [2.05, 4.69) is 39.8 Å². The van der Waals surface area contributed by atoms with E-state index in [0.717, 1.165) is 0 Å². The van der Waals surface area contributed by atoms with Gasteiger partial charge in [0.2, 0.25) is 11.0 Å². The van der Waals surface area contributed by atoms with Gasteiger partial charge in [0.1, 0.15) is 5.51 Å². The molecule has 116 valence electrons. The lowest BCUT2D eigenvalue weighted by Gasteiger charge is -2.17. The maximum atomic E-state index is 12.1. The summed E-state index contributed by atoms with van der Waals surface area (Å²) in [5.74, 6) is 0.289. The molecule has 1 amide bonds. The van der Waals surface area contributed by atoms with Crippen LogP contribution in [0.25, 0.3) is 0 Å². The van der Waals surface area contributed by atoms with Crippen LogP contribution in [0.4, 0.5) is 5.13 Å². The van der Waals surface area contributed by atoms with E-state index in [1.54, 1.807) is 17.3 Å². The van der Waals surface area contributed by atoms with Crippen LogP contribution in [0, 0.1) is 0 Å². The number of carbonyl (C=O) groups excluding carboxylic acids is 1. The number of benzene rings is 2. The standard InChI is InChI=1S/C17H15N3OS2/c21-15(19-17-20-18-12-23-17)11-22-16(13-7-3-1-4-8-13)14-9-5-2-6-10-14/h1-10,12,16H,11H2,(H,19,20,21). The average Bonchev–Trinajstić information content (AvgIpc) is 3.10. The summed E-state index contributed by atoms with van der Waals surface area (Å²) in [7, 11) is 0. The fourth-order valence-electron chi connectivity index (χ4n) is 2.18. The SMILES string of the molecule is O=C(CSC(c1ccccc1)c1ccccc1)Nc1nncs1. The molecule has 1 aromatic heterocycles. The van der Waals surface area contributed by atoms with E-state index < -0.39 is 0 Å². The number of hydrogen-bond donors (Lipinski definition) is 1. The second-order valence-corrected chi connectivity index (χ2v) is 6.73. The summed E-state index contributed by atoms with van der Waals surface area (Å²) in [4.78, 5) is 12.1. The van der Waals surface area contributed by atoms with Gasteiger partial charge in [-0.05, 0) is 11.1 Å². The maximum Gasteiger partial charge on any atom is 0.236 e. The number of carbonyl (C=O) groups is 1. The highest BCUT2D eigenvalue weighted by Crippen LogP contribution is 2.35. The Balaban J connectivity index is 1.71. The predicted molar refractivity (Wildman–Crippen MR) is 95.7 cm³/mol. The lowest BCUT2D eigenvalue weighted by atomic mass is 10.0. The number of hydrogen-bond acceptors (Lipinski definition) is 5. The molecular formula is C17H15N3OS2. The number of nitrogens with one attached hydrogen (secondary N) is 1. The third-order valence-electron chi connectivity index (χ3n) is 3.19. The molecule has 3 rings (SSSR count). The first kappa shape index (κ1) is 15.7. The molecule has 0 spiro atoms. The molecule has 2 aromatic carbocycles. The quantitative estimate of drug-likeness (QED) is 0.736. The minimum atomic E-state index is -0.0661. The zero-order valence-corrected chi connectivity index (χ0v) is 13.9. The highest BCUT2D eigenvalue weighted by atomic mass is 32.2. The van der Waals surface area contributed by atoms with Crippen molar-refractivity contribution in [2.75, 3.05) is 11.1 Å². The molecule has 6 heteroatoms. The molecule has 3 aromatic rings. The molecule has 0 aliphatic heterocycles. The largest absolute Gasteiger partial charge is 0.300 e. The van der Waals surface area contributed by atoms with E-state index in [4.69, 9.17) is 0 Å². The summed E-state index contributed by atoms with van der Waals surface area (Å²) < 4.78 is 0. The Morgan fingerprint density at radius 1 is 1.04 bits per heavy atom. The van der Waals surface area contributed by atoms with Crippen LogP contribution in [0.15, 0.2) is 66.2 Å². The Morgan fingerprint density at radius 2 is 1.65 bits per heavy atom. The van der Waals surface area contributed by atoms with Crippen LogP contribution in [0.5, 0.6) is 0 Å². The third-order valence-corrected chi connectivity index (χ3v) is 5.11. The first-order chi connectivity index (χ1) is 11.3. The van der Waals surface area contributed by atoms with Crippen LogP contribution >= 0.6 is 23.1 Å². The van der Waals surface area contributed by atoms with Crippen LogP contribution < -0.4 is 5.32 Å². The lowest BCUT2D eigenvalue weighted by molar-refractivity contribution is -0.113. The molecule has 0 fully saturated rings. The van der Waals surface area contributed by atoms with Crippen LogP contribution in [0.2, 0.25) is 0 Å². The van der Waals surface area contributed by atoms with Crippen molar-refractivity contribution in [2.45, 2.75) is 5.25 Å². The Kier molecular flexibility index (Phi) is 5.39. The molecular weight excluding hydrogens is 326 g/mol. The number of rotatable bonds is 6. The van der Waals surface area contributed by atoms with E-state index in [-0.39, 0.29) is 11.2 Å². The second kappa shape index (κ2) is 7.89. The molecule has 0 atom stereocenters. The van der Waals surface area contributed by atoms with Crippen molar-refractivity contribution in [3.8, 4) is 0 Å². The molecule has 0 saturated heterocycles. The summed E-state index contributed by atoms with van der Waals surface area (Å²) >= 11 is 2.92. The van der Waals surface area contributed by atoms with Crippen molar-refractivity contribution in [3.63, 3.8) is 0 Å². The van der Waals surface area contributed by atoms with Gasteiger partial charge in [-0.3, -0.25) is 10.1 Å². The Bertz CT molecular complexity index is 694. The van der Waals surface area contributed by atoms with E-state index in [1.807, 2.05) is 36.4 Å². The zero-order valence-electron chi connectivity index (χ0n) is 12.3. The van der Waals surface area contributed by atoms with Crippen LogP contribution in [-0.4, -0.2) is 21.9 Å². The van der Waals surface area contributed by atoms with Gasteiger partial charge >= 0.3 is 0 Å². The first-order valence-electron chi connectivity index (χ1n) is 7.10. The third kappa shape index (κ3) is 4.40. The normalized spacial score (nSPS) is 10.7. The van der Waals surface area contributed by atoms with Crippen molar-refractivity contribution < 1.29 is 4.79 Å². The van der Waals surface area contributed by atoms with E-state index >= 15 is 0 Å². The number of thioether (sulfide) groups is 1. The summed E-state index contributed by atoms with van der Waals surface area (Å²) in [5, 5.41) is 11.0. The van der Waals surface area contributed by atoms with Crippen molar-refractivity contribution in [1.82, 2.24) is 10.2 Å². The van der Waals surface area contributed by atoms with Crippen molar-refractivity contribution >= 4 is 34.1 Å². The van der Waals surface area contributed by atoms with Gasteiger partial charge < -0.3 is 0 Å². The molecule has 4 nitrogen and oxygen atoms in total. The Labute approximate surface area is 143 Å². The molecule has 1 N–H and O–H groups in total. The molecule has 0 aliphatic carbocycles. The minimum Gasteiger partial charge on any atom is -0.300 e. The topological polar surface area (TPSA) is 54.9 Å². The van der Waals surface area contributed by atoms with Crippen molar-refractivity contribution in [2.24, 2.45) is 0 Å². The van der Waals surface area contributed by atoms with Gasteiger partial charge in [-0.1, -0.05) is 72.0 Å². The van der Waals surface area contributed by atoms with Crippen LogP contribution in [0.1, 0.15) is 16.4 Å². The second-order valence-electron chi connectivity index (χ2n) is 4.80. The summed E-state index contributed by atoms with van der Waals surface area (Å²) in [6.07, 6.45) is 0. The molecule has 0 bridgehead atoms. The van der Waals surface area contributed by atoms with Gasteiger partial charge in [-0.15, -0.1) is 22.0 Å². The fourth-order valence-corrected chi connectivity index (χ4v) is 3.73. The van der Waals surface area contributed by atoms with Crippen LogP contribution in [-0.2, 0) is 4.79 Å². The highest BCUT2D eigenvalue weighted by Gasteiger charge is 2.16. The van der Waals surface area contributed by atoms with E-state index in [0.29, 0.717) is 10.9 Å². The molecule has 0 saturated carbocycles. The van der Waals surface area contributed by atoms with Gasteiger partial charge in [0.25, 0.3) is 0 Å². The number of amides is 1.